The molecule has 0 unspecified atom stereocenters. The van der Waals surface area contributed by atoms with Crippen molar-refractivity contribution in [1.29, 1.82) is 0 Å². The largest absolute Gasteiger partial charge is 0.497 e. The number of carbonyl (C=O) groups is 1. The third-order valence-electron chi connectivity index (χ3n) is 5.87. The molecule has 0 saturated carbocycles. The first-order valence-electron chi connectivity index (χ1n) is 11.6. The van der Waals surface area contributed by atoms with E-state index in [4.69, 9.17) is 13.9 Å². The van der Waals surface area contributed by atoms with Crippen LogP contribution < -0.4 is 14.4 Å². The van der Waals surface area contributed by atoms with Crippen LogP contribution in [-0.4, -0.2) is 53.5 Å². The summed E-state index contributed by atoms with van der Waals surface area (Å²) in [6, 6.07) is 9.59. The average molecular weight is 527 g/mol. The molecule has 1 fully saturated rings. The minimum Gasteiger partial charge on any atom is -0.497 e. The molecule has 194 valence electrons. The van der Waals surface area contributed by atoms with E-state index < -0.39 is 10.9 Å². The molecule has 0 spiro atoms. The Balaban J connectivity index is 1.67. The lowest BCUT2D eigenvalue weighted by Gasteiger charge is -2.24. The van der Waals surface area contributed by atoms with Gasteiger partial charge in [-0.15, -0.1) is 10.2 Å². The first kappa shape index (κ1) is 26.0. The van der Waals surface area contributed by atoms with Crippen LogP contribution in [0.25, 0.3) is 17.5 Å². The number of hydrogen-bond acceptors (Lipinski definition) is 10. The molecule has 1 saturated heterocycles. The highest BCUT2D eigenvalue weighted by Crippen LogP contribution is 2.35. The normalized spacial score (nSPS) is 14.2. The Bertz CT molecular complexity index is 1290. The number of nitrogens with zero attached hydrogens (tertiary/aromatic N) is 4. The molecule has 1 N–H and O–H groups in total. The molecule has 1 aromatic heterocycles. The predicted octanol–water partition coefficient (Wildman–Crippen LogP) is 5.26. The SMILES string of the molecule is COc1cc(OC)cc(-c2nnc(S/C(=C/c3cc([N+](=O)[O-])ccc3N3CCCCCC3)C(=O)O)o2)c1. The molecule has 3 aromatic rings. The van der Waals surface area contributed by atoms with Crippen molar-refractivity contribution in [2.24, 2.45) is 0 Å². The van der Waals surface area contributed by atoms with E-state index in [0.717, 1.165) is 56.2 Å². The van der Waals surface area contributed by atoms with Crippen LogP contribution in [0, 0.1) is 10.1 Å². The van der Waals surface area contributed by atoms with Crippen LogP contribution in [0.15, 0.2) is 50.9 Å². The zero-order valence-electron chi connectivity index (χ0n) is 20.4. The van der Waals surface area contributed by atoms with Crippen LogP contribution in [0.3, 0.4) is 0 Å². The lowest BCUT2D eigenvalue weighted by Crippen LogP contribution is -2.24. The highest BCUT2D eigenvalue weighted by Gasteiger charge is 2.21. The van der Waals surface area contributed by atoms with E-state index in [2.05, 4.69) is 15.1 Å². The van der Waals surface area contributed by atoms with Crippen molar-refractivity contribution in [1.82, 2.24) is 10.2 Å². The van der Waals surface area contributed by atoms with E-state index in [1.165, 1.54) is 32.4 Å². The van der Waals surface area contributed by atoms with Gasteiger partial charge in [0, 0.05) is 48.1 Å². The standard InChI is InChI=1S/C25H26N4O7S/c1-34-19-12-17(13-20(15-19)35-2)23-26-27-25(36-23)37-22(24(30)31)14-16-11-18(29(32)33)7-8-21(16)28-9-5-3-4-6-10-28/h7-8,11-15H,3-6,9-10H2,1-2H3,(H,30,31)/b22-14+. The first-order chi connectivity index (χ1) is 17.9. The Morgan fingerprint density at radius 1 is 1.08 bits per heavy atom. The summed E-state index contributed by atoms with van der Waals surface area (Å²) < 4.78 is 16.3. The second-order valence-electron chi connectivity index (χ2n) is 8.29. The van der Waals surface area contributed by atoms with Gasteiger partial charge in [0.15, 0.2) is 0 Å². The van der Waals surface area contributed by atoms with E-state index in [-0.39, 0.29) is 21.7 Å². The van der Waals surface area contributed by atoms with Crippen LogP contribution in [0.2, 0.25) is 0 Å². The molecule has 2 heterocycles. The van der Waals surface area contributed by atoms with E-state index in [1.54, 1.807) is 24.3 Å². The number of nitro benzene ring substituents is 1. The van der Waals surface area contributed by atoms with Gasteiger partial charge in [-0.3, -0.25) is 10.1 Å². The Morgan fingerprint density at radius 3 is 2.35 bits per heavy atom. The third-order valence-corrected chi connectivity index (χ3v) is 6.72. The van der Waals surface area contributed by atoms with Gasteiger partial charge in [-0.05, 0) is 48.9 Å². The number of hydrogen-bond donors (Lipinski definition) is 1. The van der Waals surface area contributed by atoms with Crippen molar-refractivity contribution in [3.05, 3.63) is 57.0 Å². The van der Waals surface area contributed by atoms with Gasteiger partial charge in [0.25, 0.3) is 10.9 Å². The number of nitro groups is 1. The zero-order valence-corrected chi connectivity index (χ0v) is 21.2. The van der Waals surface area contributed by atoms with Gasteiger partial charge in [-0.1, -0.05) is 12.8 Å². The summed E-state index contributed by atoms with van der Waals surface area (Å²) in [7, 11) is 3.04. The summed E-state index contributed by atoms with van der Waals surface area (Å²) in [5, 5.41) is 29.4. The molecule has 0 aliphatic carbocycles. The van der Waals surface area contributed by atoms with Crippen molar-refractivity contribution in [3.8, 4) is 23.0 Å². The van der Waals surface area contributed by atoms with Crippen LogP contribution in [0.1, 0.15) is 31.2 Å². The number of aromatic nitrogens is 2. The van der Waals surface area contributed by atoms with E-state index in [1.807, 2.05) is 0 Å². The number of aliphatic carboxylic acids is 1. The zero-order chi connectivity index (χ0) is 26.4. The van der Waals surface area contributed by atoms with E-state index >= 15 is 0 Å². The molecule has 2 aromatic carbocycles. The molecule has 4 rings (SSSR count). The van der Waals surface area contributed by atoms with Gasteiger partial charge in [0.2, 0.25) is 5.89 Å². The van der Waals surface area contributed by atoms with Gasteiger partial charge in [0.1, 0.15) is 16.4 Å². The lowest BCUT2D eigenvalue weighted by molar-refractivity contribution is -0.384. The summed E-state index contributed by atoms with van der Waals surface area (Å²) >= 11 is 0.771. The smallest absolute Gasteiger partial charge is 0.342 e. The predicted molar refractivity (Wildman–Crippen MR) is 138 cm³/mol. The van der Waals surface area contributed by atoms with Gasteiger partial charge < -0.3 is 23.9 Å². The number of thioether (sulfide) groups is 1. The van der Waals surface area contributed by atoms with Crippen LogP contribution in [0.4, 0.5) is 11.4 Å². The number of anilines is 1. The maximum absolute atomic E-state index is 12.2. The molecule has 37 heavy (non-hydrogen) atoms. The Kier molecular flexibility index (Phi) is 8.29. The number of carboxylic acid groups (broad SMARTS) is 1. The molecule has 12 heteroatoms. The molecule has 0 atom stereocenters. The summed E-state index contributed by atoms with van der Waals surface area (Å²) in [5.41, 5.74) is 1.62. The van der Waals surface area contributed by atoms with Crippen molar-refractivity contribution in [2.45, 2.75) is 30.9 Å². The maximum atomic E-state index is 12.2. The van der Waals surface area contributed by atoms with Crippen LogP contribution >= 0.6 is 11.8 Å². The highest BCUT2D eigenvalue weighted by atomic mass is 32.2. The molecule has 1 aliphatic rings. The van der Waals surface area contributed by atoms with Gasteiger partial charge in [-0.2, -0.15) is 0 Å². The van der Waals surface area contributed by atoms with Crippen LogP contribution in [0.5, 0.6) is 11.5 Å². The molecular weight excluding hydrogens is 500 g/mol. The highest BCUT2D eigenvalue weighted by molar-refractivity contribution is 8.03. The topological polar surface area (TPSA) is 141 Å². The van der Waals surface area contributed by atoms with Gasteiger partial charge in [-0.25, -0.2) is 4.79 Å². The fourth-order valence-corrected chi connectivity index (χ4v) is 4.70. The molecule has 0 bridgehead atoms. The van der Waals surface area contributed by atoms with Crippen molar-refractivity contribution in [3.63, 3.8) is 0 Å². The Morgan fingerprint density at radius 2 is 1.76 bits per heavy atom. The molecule has 1 aliphatic heterocycles. The van der Waals surface area contributed by atoms with Crippen molar-refractivity contribution >= 4 is 35.2 Å². The number of benzene rings is 2. The second-order valence-corrected chi connectivity index (χ2v) is 9.28. The van der Waals surface area contributed by atoms with Gasteiger partial charge >= 0.3 is 5.97 Å². The summed E-state index contributed by atoms with van der Waals surface area (Å²) in [6.07, 6.45) is 5.65. The minimum atomic E-state index is -1.22. The monoisotopic (exact) mass is 526 g/mol. The fourth-order valence-electron chi connectivity index (χ4n) is 4.04. The minimum absolute atomic E-state index is 0.00666. The molecule has 0 amide bonds. The summed E-state index contributed by atoms with van der Waals surface area (Å²) in [5.74, 6) is -0.00894. The Labute approximate surface area is 217 Å². The number of non-ortho nitro benzene ring substituents is 1. The quantitative estimate of drug-likeness (QED) is 0.169. The van der Waals surface area contributed by atoms with E-state index in [0.29, 0.717) is 22.6 Å². The number of carboxylic acids is 1. The van der Waals surface area contributed by atoms with Gasteiger partial charge in [0.05, 0.1) is 19.1 Å². The Hall–Kier alpha value is -4.06. The summed E-state index contributed by atoms with van der Waals surface area (Å²) in [6.45, 7) is 1.59. The number of ether oxygens (including phenoxy) is 2. The number of methoxy groups -OCH3 is 2. The number of rotatable bonds is 9. The first-order valence-corrected chi connectivity index (χ1v) is 12.4. The van der Waals surface area contributed by atoms with Crippen molar-refractivity contribution in [2.75, 3.05) is 32.2 Å². The molecule has 11 nitrogen and oxygen atoms in total. The molecular formula is C25H26N4O7S. The molecule has 0 radical (unpaired) electrons. The maximum Gasteiger partial charge on any atom is 0.342 e. The third kappa shape index (κ3) is 6.39. The van der Waals surface area contributed by atoms with Crippen LogP contribution in [-0.2, 0) is 4.79 Å². The van der Waals surface area contributed by atoms with Crippen molar-refractivity contribution < 1.29 is 28.7 Å². The second kappa shape index (κ2) is 11.8. The lowest BCUT2D eigenvalue weighted by atomic mass is 10.1. The fraction of sp³-hybridized carbons (Fsp3) is 0.320. The summed E-state index contributed by atoms with van der Waals surface area (Å²) in [4.78, 5) is 25.1. The average Bonchev–Trinajstić information content (AvgIpc) is 3.20. The van der Waals surface area contributed by atoms with E-state index in [9.17, 15) is 20.0 Å².